The zero-order valence-electron chi connectivity index (χ0n) is 16.1. The first-order valence-corrected chi connectivity index (χ1v) is 9.64. The molecule has 1 N–H and O–H groups in total. The summed E-state index contributed by atoms with van der Waals surface area (Å²) in [6, 6.07) is 10.6. The molecule has 2 fully saturated rings. The minimum absolute atomic E-state index is 0.00297. The molecule has 0 unspecified atom stereocenters. The van der Waals surface area contributed by atoms with Crippen molar-refractivity contribution in [3.05, 3.63) is 47.7 Å². The number of hydrogen-bond acceptors (Lipinski definition) is 5. The van der Waals surface area contributed by atoms with Crippen molar-refractivity contribution in [1.82, 2.24) is 5.43 Å². The van der Waals surface area contributed by atoms with Crippen LogP contribution in [0, 0.1) is 17.3 Å². The monoisotopic (exact) mass is 380 g/mol. The fraction of sp³-hybridized carbons (Fsp3) is 0.409. The standard InChI is InChI=1S/C22H24N2O4/c1-22-11-4-3-8-17(22)19(22)20(25)24-23-13-16-9-10-18(28-16)14-6-5-7-15(12-14)21(26)27-2/h5-7,9-10,12-13,17,19H,3-4,8,11H2,1-2H3,(H,24,25)/b23-13-/t17-,19-,22+/m1/s1. The highest BCUT2D eigenvalue weighted by Gasteiger charge is 2.64. The Morgan fingerprint density at radius 3 is 2.89 bits per heavy atom. The molecule has 1 heterocycles. The highest BCUT2D eigenvalue weighted by Crippen LogP contribution is 2.66. The van der Waals surface area contributed by atoms with Crippen molar-refractivity contribution in [3.63, 3.8) is 0 Å². The Kier molecular flexibility index (Phi) is 4.79. The number of esters is 1. The fourth-order valence-electron chi connectivity index (χ4n) is 4.57. The number of nitrogens with one attached hydrogen (secondary N) is 1. The Morgan fingerprint density at radius 1 is 1.29 bits per heavy atom. The lowest BCUT2D eigenvalue weighted by Gasteiger charge is -2.15. The van der Waals surface area contributed by atoms with Crippen LogP contribution >= 0.6 is 0 Å². The van der Waals surface area contributed by atoms with Crippen molar-refractivity contribution in [2.24, 2.45) is 22.4 Å². The first-order chi connectivity index (χ1) is 13.5. The number of ether oxygens (including phenoxy) is 1. The molecule has 0 bridgehead atoms. The van der Waals surface area contributed by atoms with Gasteiger partial charge in [-0.1, -0.05) is 31.9 Å². The first kappa shape index (κ1) is 18.5. The largest absolute Gasteiger partial charge is 0.465 e. The Balaban J connectivity index is 1.39. The number of benzene rings is 1. The Bertz CT molecular complexity index is 932. The molecule has 0 saturated heterocycles. The summed E-state index contributed by atoms with van der Waals surface area (Å²) in [6.45, 7) is 2.21. The molecule has 1 aromatic heterocycles. The first-order valence-electron chi connectivity index (χ1n) is 9.64. The van der Waals surface area contributed by atoms with E-state index in [1.165, 1.54) is 26.2 Å². The predicted octanol–water partition coefficient (Wildman–Crippen LogP) is 4.01. The van der Waals surface area contributed by atoms with Gasteiger partial charge in [-0.25, -0.2) is 10.2 Å². The van der Waals surface area contributed by atoms with Crippen LogP contribution in [0.5, 0.6) is 0 Å². The van der Waals surface area contributed by atoms with E-state index in [-0.39, 0.29) is 17.2 Å². The molecule has 3 atom stereocenters. The van der Waals surface area contributed by atoms with Crippen molar-refractivity contribution >= 4 is 18.1 Å². The number of methoxy groups -OCH3 is 1. The van der Waals surface area contributed by atoms with E-state index in [2.05, 4.69) is 17.5 Å². The minimum Gasteiger partial charge on any atom is -0.465 e. The Labute approximate surface area is 164 Å². The molecule has 0 radical (unpaired) electrons. The second-order valence-electron chi connectivity index (χ2n) is 7.84. The minimum atomic E-state index is -0.396. The highest BCUT2D eigenvalue weighted by molar-refractivity contribution is 5.91. The van der Waals surface area contributed by atoms with E-state index >= 15 is 0 Å². The lowest BCUT2D eigenvalue weighted by Crippen LogP contribution is -2.22. The number of nitrogens with zero attached hydrogens (tertiary/aromatic N) is 1. The maximum Gasteiger partial charge on any atom is 0.337 e. The van der Waals surface area contributed by atoms with Gasteiger partial charge in [0.15, 0.2) is 0 Å². The fourth-order valence-corrected chi connectivity index (χ4v) is 4.57. The number of carbonyl (C=O) groups excluding carboxylic acids is 2. The van der Waals surface area contributed by atoms with Gasteiger partial charge in [0.1, 0.15) is 11.5 Å². The van der Waals surface area contributed by atoms with Gasteiger partial charge in [-0.3, -0.25) is 4.79 Å². The molecule has 0 aliphatic heterocycles. The summed E-state index contributed by atoms with van der Waals surface area (Å²) in [5, 5.41) is 4.07. The van der Waals surface area contributed by atoms with Crippen LogP contribution in [0.1, 0.15) is 48.7 Å². The molecule has 4 rings (SSSR count). The van der Waals surface area contributed by atoms with Gasteiger partial charge >= 0.3 is 5.97 Å². The van der Waals surface area contributed by atoms with Gasteiger partial charge in [0.25, 0.3) is 0 Å². The van der Waals surface area contributed by atoms with Crippen LogP contribution in [-0.4, -0.2) is 25.2 Å². The molecule has 0 spiro atoms. The van der Waals surface area contributed by atoms with Gasteiger partial charge in [-0.05, 0) is 48.4 Å². The van der Waals surface area contributed by atoms with Crippen LogP contribution in [0.15, 0.2) is 45.9 Å². The second-order valence-corrected chi connectivity index (χ2v) is 7.84. The van der Waals surface area contributed by atoms with Crippen molar-refractivity contribution in [3.8, 4) is 11.3 Å². The highest BCUT2D eigenvalue weighted by atomic mass is 16.5. The lowest BCUT2D eigenvalue weighted by molar-refractivity contribution is -0.123. The summed E-state index contributed by atoms with van der Waals surface area (Å²) >= 11 is 0. The average Bonchev–Trinajstić information content (AvgIpc) is 3.07. The Hall–Kier alpha value is -2.89. The molecule has 2 aliphatic carbocycles. The number of hydrogen-bond donors (Lipinski definition) is 1. The maximum absolute atomic E-state index is 12.4. The van der Waals surface area contributed by atoms with Gasteiger partial charge in [0, 0.05) is 11.5 Å². The summed E-state index contributed by atoms with van der Waals surface area (Å²) in [6.07, 6.45) is 6.21. The quantitative estimate of drug-likeness (QED) is 0.483. The third kappa shape index (κ3) is 3.35. The van der Waals surface area contributed by atoms with E-state index in [0.717, 1.165) is 18.4 Å². The third-order valence-corrected chi connectivity index (χ3v) is 6.18. The van der Waals surface area contributed by atoms with Crippen molar-refractivity contribution in [1.29, 1.82) is 0 Å². The molecule has 146 valence electrons. The molecular weight excluding hydrogens is 356 g/mol. The number of hydrazone groups is 1. The normalized spacial score (nSPS) is 25.9. The molecule has 1 aromatic carbocycles. The molecule has 2 aliphatic rings. The van der Waals surface area contributed by atoms with Gasteiger partial charge in [-0.2, -0.15) is 5.10 Å². The molecule has 2 saturated carbocycles. The smallest absolute Gasteiger partial charge is 0.337 e. The molecule has 6 heteroatoms. The van der Waals surface area contributed by atoms with E-state index in [1.807, 2.05) is 6.07 Å². The zero-order valence-corrected chi connectivity index (χ0v) is 16.1. The summed E-state index contributed by atoms with van der Waals surface area (Å²) in [4.78, 5) is 24.1. The number of rotatable bonds is 5. The molecule has 2 aromatic rings. The summed E-state index contributed by atoms with van der Waals surface area (Å²) in [5.74, 6) is 1.34. The zero-order chi connectivity index (χ0) is 19.7. The number of carbonyl (C=O) groups is 2. The number of amides is 1. The van der Waals surface area contributed by atoms with E-state index in [4.69, 9.17) is 9.15 Å². The van der Waals surface area contributed by atoms with Crippen LogP contribution in [-0.2, 0) is 9.53 Å². The Morgan fingerprint density at radius 2 is 2.14 bits per heavy atom. The van der Waals surface area contributed by atoms with Crippen molar-refractivity contribution in [2.75, 3.05) is 7.11 Å². The van der Waals surface area contributed by atoms with Crippen molar-refractivity contribution < 1.29 is 18.7 Å². The van der Waals surface area contributed by atoms with E-state index < -0.39 is 5.97 Å². The van der Waals surface area contributed by atoms with E-state index in [1.54, 1.807) is 30.3 Å². The molecule has 28 heavy (non-hydrogen) atoms. The van der Waals surface area contributed by atoms with Crippen molar-refractivity contribution in [2.45, 2.75) is 32.6 Å². The maximum atomic E-state index is 12.4. The van der Waals surface area contributed by atoms with Gasteiger partial charge in [-0.15, -0.1) is 0 Å². The number of fused-ring (bicyclic) bond motifs is 1. The van der Waals surface area contributed by atoms with Crippen LogP contribution < -0.4 is 5.43 Å². The third-order valence-electron chi connectivity index (χ3n) is 6.18. The summed E-state index contributed by atoms with van der Waals surface area (Å²) < 4.78 is 10.5. The van der Waals surface area contributed by atoms with Gasteiger partial charge in [0.05, 0.1) is 18.9 Å². The molecule has 1 amide bonds. The van der Waals surface area contributed by atoms with Crippen LogP contribution in [0.2, 0.25) is 0 Å². The predicted molar refractivity (Wildman–Crippen MR) is 105 cm³/mol. The molecule has 6 nitrogen and oxygen atoms in total. The number of furan rings is 1. The lowest BCUT2D eigenvalue weighted by atomic mass is 9.90. The average molecular weight is 380 g/mol. The molecular formula is C22H24N2O4. The topological polar surface area (TPSA) is 80.9 Å². The van der Waals surface area contributed by atoms with E-state index in [0.29, 0.717) is 23.0 Å². The SMILES string of the molecule is COC(=O)c1cccc(-c2ccc(/C=N\NC(=O)[C@H]3[C@H]4CCCC[C@@]43C)o2)c1. The summed E-state index contributed by atoms with van der Waals surface area (Å²) in [7, 11) is 1.35. The summed E-state index contributed by atoms with van der Waals surface area (Å²) in [5.41, 5.74) is 4.05. The van der Waals surface area contributed by atoms with E-state index in [9.17, 15) is 9.59 Å². The second kappa shape index (κ2) is 7.26. The van der Waals surface area contributed by atoms with Crippen LogP contribution in [0.25, 0.3) is 11.3 Å². The van der Waals surface area contributed by atoms with Gasteiger partial charge in [0.2, 0.25) is 5.91 Å². The van der Waals surface area contributed by atoms with Gasteiger partial charge < -0.3 is 9.15 Å². The van der Waals surface area contributed by atoms with Crippen LogP contribution in [0.3, 0.4) is 0 Å². The van der Waals surface area contributed by atoms with Crippen LogP contribution in [0.4, 0.5) is 0 Å².